The van der Waals surface area contributed by atoms with Crippen LogP contribution in [-0.2, 0) is 20.8 Å². The zero-order valence-electron chi connectivity index (χ0n) is 14.9. The van der Waals surface area contributed by atoms with E-state index in [1.165, 1.54) is 6.92 Å². The molecule has 0 N–H and O–H groups in total. The topological polar surface area (TPSA) is 66.8 Å². The van der Waals surface area contributed by atoms with E-state index in [9.17, 15) is 26.4 Å². The predicted octanol–water partition coefficient (Wildman–Crippen LogP) is 3.28. The minimum absolute atomic E-state index is 0.0678. The molecule has 0 unspecified atom stereocenters. The molecule has 0 aromatic heterocycles. The van der Waals surface area contributed by atoms with Crippen LogP contribution in [0.4, 0.5) is 18.9 Å². The van der Waals surface area contributed by atoms with E-state index >= 15 is 0 Å². The zero-order chi connectivity index (χ0) is 20.5. The Balaban J connectivity index is 2.23. The van der Waals surface area contributed by atoms with Crippen LogP contribution >= 0.6 is 0 Å². The molecule has 0 fully saturated rings. The molecule has 0 atom stereocenters. The number of carbonyl (C=O) groups excluding carboxylic acids is 1. The molecule has 1 aliphatic rings. The molecule has 2 aromatic rings. The first kappa shape index (κ1) is 20.1. The molecule has 0 bridgehead atoms. The van der Waals surface area contributed by atoms with Gasteiger partial charge in [0.1, 0.15) is 12.4 Å². The SMILES string of the molecule is CCS(=O)(=O)CN1C(=O)CN=C(c2ccccc2)c2cc(C(F)(F)F)ccc21. The third kappa shape index (κ3) is 4.09. The summed E-state index contributed by atoms with van der Waals surface area (Å²) in [4.78, 5) is 17.8. The number of halogens is 3. The molecular formula is C19H17F3N2O3S. The third-order valence-corrected chi connectivity index (χ3v) is 5.89. The van der Waals surface area contributed by atoms with Crippen molar-refractivity contribution in [1.82, 2.24) is 0 Å². The lowest BCUT2D eigenvalue weighted by molar-refractivity contribution is -0.137. The van der Waals surface area contributed by atoms with Gasteiger partial charge in [0.05, 0.1) is 17.0 Å². The molecule has 0 saturated carbocycles. The van der Waals surface area contributed by atoms with Crippen molar-refractivity contribution in [3.05, 3.63) is 65.2 Å². The minimum atomic E-state index is -4.59. The van der Waals surface area contributed by atoms with Crippen LogP contribution in [0.1, 0.15) is 23.6 Å². The number of nitrogens with zero attached hydrogens (tertiary/aromatic N) is 2. The van der Waals surface area contributed by atoms with Gasteiger partial charge in [-0.3, -0.25) is 14.7 Å². The molecule has 1 amide bonds. The van der Waals surface area contributed by atoms with Gasteiger partial charge in [-0.25, -0.2) is 8.42 Å². The summed E-state index contributed by atoms with van der Waals surface area (Å²) in [7, 11) is -3.60. The number of amides is 1. The molecule has 9 heteroatoms. The lowest BCUT2D eigenvalue weighted by Crippen LogP contribution is -2.37. The van der Waals surface area contributed by atoms with Gasteiger partial charge in [-0.15, -0.1) is 0 Å². The number of benzene rings is 2. The Morgan fingerprint density at radius 3 is 2.39 bits per heavy atom. The molecule has 0 aliphatic carbocycles. The number of fused-ring (bicyclic) bond motifs is 1. The highest BCUT2D eigenvalue weighted by molar-refractivity contribution is 7.91. The lowest BCUT2D eigenvalue weighted by atomic mass is 9.98. The highest BCUT2D eigenvalue weighted by Gasteiger charge is 2.34. The van der Waals surface area contributed by atoms with E-state index in [1.54, 1.807) is 30.3 Å². The van der Waals surface area contributed by atoms with Crippen LogP contribution in [0.3, 0.4) is 0 Å². The highest BCUT2D eigenvalue weighted by atomic mass is 32.2. The lowest BCUT2D eigenvalue weighted by Gasteiger charge is -2.23. The zero-order valence-corrected chi connectivity index (χ0v) is 15.7. The third-order valence-electron chi connectivity index (χ3n) is 4.36. The average Bonchev–Trinajstić information content (AvgIpc) is 2.78. The highest BCUT2D eigenvalue weighted by Crippen LogP contribution is 2.35. The van der Waals surface area contributed by atoms with Crippen LogP contribution < -0.4 is 4.90 Å². The summed E-state index contributed by atoms with van der Waals surface area (Å²) in [6, 6.07) is 11.4. The summed E-state index contributed by atoms with van der Waals surface area (Å²) in [5, 5.41) is 0. The fourth-order valence-electron chi connectivity index (χ4n) is 2.86. The number of anilines is 1. The van der Waals surface area contributed by atoms with Gasteiger partial charge in [-0.1, -0.05) is 37.3 Å². The van der Waals surface area contributed by atoms with Gasteiger partial charge in [0.2, 0.25) is 5.91 Å². The quantitative estimate of drug-likeness (QED) is 0.777. The van der Waals surface area contributed by atoms with Crippen molar-refractivity contribution in [2.75, 3.05) is 23.1 Å². The molecule has 0 radical (unpaired) electrons. The molecule has 0 spiro atoms. The Morgan fingerprint density at radius 1 is 1.11 bits per heavy atom. The summed E-state index contributed by atoms with van der Waals surface area (Å²) in [6.45, 7) is 1.08. The Morgan fingerprint density at radius 2 is 1.79 bits per heavy atom. The van der Waals surface area contributed by atoms with Crippen molar-refractivity contribution in [3.8, 4) is 0 Å². The first-order valence-corrected chi connectivity index (χ1v) is 10.3. The number of hydrogen-bond acceptors (Lipinski definition) is 4. The van der Waals surface area contributed by atoms with Gasteiger partial charge in [0.15, 0.2) is 9.84 Å². The van der Waals surface area contributed by atoms with Gasteiger partial charge in [0.25, 0.3) is 0 Å². The molecule has 5 nitrogen and oxygen atoms in total. The second-order valence-corrected chi connectivity index (χ2v) is 8.57. The Kier molecular flexibility index (Phi) is 5.29. The van der Waals surface area contributed by atoms with Crippen LogP contribution in [0.15, 0.2) is 53.5 Å². The molecule has 3 rings (SSSR count). The predicted molar refractivity (Wildman–Crippen MR) is 100 cm³/mol. The van der Waals surface area contributed by atoms with Crippen LogP contribution in [0.25, 0.3) is 0 Å². The van der Waals surface area contributed by atoms with Crippen molar-refractivity contribution in [3.63, 3.8) is 0 Å². The first-order valence-electron chi connectivity index (χ1n) is 8.44. The summed E-state index contributed by atoms with van der Waals surface area (Å²) < 4.78 is 64.0. The summed E-state index contributed by atoms with van der Waals surface area (Å²) in [5.74, 6) is -1.40. The number of alkyl halides is 3. The van der Waals surface area contributed by atoms with Crippen molar-refractivity contribution < 1.29 is 26.4 Å². The number of benzodiazepines with no additional fused rings is 1. The Bertz CT molecular complexity index is 1030. The molecule has 148 valence electrons. The van der Waals surface area contributed by atoms with Gasteiger partial charge >= 0.3 is 6.18 Å². The van der Waals surface area contributed by atoms with Crippen LogP contribution in [0, 0.1) is 0 Å². The van der Waals surface area contributed by atoms with Gasteiger partial charge in [-0.05, 0) is 18.2 Å². The van der Waals surface area contributed by atoms with Crippen LogP contribution in [0.2, 0.25) is 0 Å². The van der Waals surface area contributed by atoms with E-state index in [2.05, 4.69) is 4.99 Å². The van der Waals surface area contributed by atoms with Crippen molar-refractivity contribution in [1.29, 1.82) is 0 Å². The Hall–Kier alpha value is -2.68. The van der Waals surface area contributed by atoms with Gasteiger partial charge < -0.3 is 0 Å². The molecule has 0 saturated heterocycles. The second-order valence-electron chi connectivity index (χ2n) is 6.24. The maximum absolute atomic E-state index is 13.3. The van der Waals surface area contributed by atoms with E-state index in [0.717, 1.165) is 23.1 Å². The number of sulfone groups is 1. The van der Waals surface area contributed by atoms with Gasteiger partial charge in [-0.2, -0.15) is 13.2 Å². The summed E-state index contributed by atoms with van der Waals surface area (Å²) in [6.07, 6.45) is -4.59. The largest absolute Gasteiger partial charge is 0.416 e. The van der Waals surface area contributed by atoms with Crippen molar-refractivity contribution >= 4 is 27.1 Å². The standard InChI is InChI=1S/C19H17F3N2O3S/c1-2-28(26,27)12-24-16-9-8-14(19(20,21)22)10-15(16)18(23-11-17(24)25)13-6-4-3-5-7-13/h3-10H,2,11-12H2,1H3. The van der Waals surface area contributed by atoms with E-state index < -0.39 is 33.4 Å². The number of carbonyl (C=O) groups is 1. The van der Waals surface area contributed by atoms with E-state index in [-0.39, 0.29) is 29.3 Å². The number of hydrogen-bond donors (Lipinski definition) is 0. The number of rotatable bonds is 4. The van der Waals surface area contributed by atoms with Crippen LogP contribution in [0.5, 0.6) is 0 Å². The molecule has 2 aromatic carbocycles. The molecular weight excluding hydrogens is 393 g/mol. The average molecular weight is 410 g/mol. The smallest absolute Gasteiger partial charge is 0.295 e. The van der Waals surface area contributed by atoms with Crippen molar-refractivity contribution in [2.45, 2.75) is 13.1 Å². The van der Waals surface area contributed by atoms with Crippen LogP contribution in [-0.4, -0.2) is 38.2 Å². The normalized spacial score (nSPS) is 15.1. The number of aliphatic imine (C=N–C) groups is 1. The fourth-order valence-corrected chi connectivity index (χ4v) is 3.72. The fraction of sp³-hybridized carbons (Fsp3) is 0.263. The minimum Gasteiger partial charge on any atom is -0.295 e. The maximum Gasteiger partial charge on any atom is 0.416 e. The van der Waals surface area contributed by atoms with E-state index in [0.29, 0.717) is 5.56 Å². The van der Waals surface area contributed by atoms with Crippen molar-refractivity contribution in [2.24, 2.45) is 4.99 Å². The second kappa shape index (κ2) is 7.38. The van der Waals surface area contributed by atoms with Gasteiger partial charge in [0, 0.05) is 16.9 Å². The Labute approximate surface area is 160 Å². The first-order chi connectivity index (χ1) is 13.1. The molecule has 1 aliphatic heterocycles. The van der Waals surface area contributed by atoms with E-state index in [4.69, 9.17) is 0 Å². The van der Waals surface area contributed by atoms with E-state index in [1.807, 2.05) is 0 Å². The monoisotopic (exact) mass is 410 g/mol. The molecule has 1 heterocycles. The summed E-state index contributed by atoms with van der Waals surface area (Å²) in [5.41, 5.74) is 0.0124. The molecule has 28 heavy (non-hydrogen) atoms. The summed E-state index contributed by atoms with van der Waals surface area (Å²) >= 11 is 0. The maximum atomic E-state index is 13.3.